The molecule has 3 aromatic carbocycles. The van der Waals surface area contributed by atoms with Crippen LogP contribution in [0.4, 0.5) is 0 Å². The van der Waals surface area contributed by atoms with E-state index in [1.165, 1.54) is 5.01 Å². The number of fused-ring (bicyclic) bond motifs is 1. The number of nitrogens with zero attached hydrogens (tertiary/aromatic N) is 3. The molecule has 0 fully saturated rings. The maximum absolute atomic E-state index is 13.3. The first-order chi connectivity index (χ1) is 18.0. The molecule has 0 spiro atoms. The molecule has 8 nitrogen and oxygen atoms in total. The van der Waals surface area contributed by atoms with E-state index in [0.717, 1.165) is 28.2 Å². The van der Waals surface area contributed by atoms with E-state index in [4.69, 9.17) is 19.3 Å². The summed E-state index contributed by atoms with van der Waals surface area (Å²) in [6.45, 7) is 0.621. The SMILES string of the molecule is COc1ccc(C2CC(c3ccccc3)=NN2C(=O)CCC(=O)N(C)Cc2ccc3c(c2)OCO3)cc1. The van der Waals surface area contributed by atoms with E-state index in [2.05, 4.69) is 0 Å². The lowest BCUT2D eigenvalue weighted by molar-refractivity contribution is -0.137. The highest BCUT2D eigenvalue weighted by Gasteiger charge is 2.33. The van der Waals surface area contributed by atoms with Gasteiger partial charge in [-0.3, -0.25) is 9.59 Å². The number of hydrogen-bond donors (Lipinski definition) is 0. The number of carbonyl (C=O) groups excluding carboxylic acids is 2. The Labute approximate surface area is 216 Å². The van der Waals surface area contributed by atoms with Gasteiger partial charge in [0.05, 0.1) is 18.9 Å². The van der Waals surface area contributed by atoms with Crippen molar-refractivity contribution in [1.29, 1.82) is 0 Å². The minimum atomic E-state index is -0.241. The van der Waals surface area contributed by atoms with Crippen LogP contribution in [0.25, 0.3) is 0 Å². The zero-order chi connectivity index (χ0) is 25.8. The smallest absolute Gasteiger partial charge is 0.243 e. The quantitative estimate of drug-likeness (QED) is 0.455. The third kappa shape index (κ3) is 5.43. The van der Waals surface area contributed by atoms with Crippen LogP contribution >= 0.6 is 0 Å². The third-order valence-corrected chi connectivity index (χ3v) is 6.61. The molecule has 5 rings (SSSR count). The van der Waals surface area contributed by atoms with Crippen molar-refractivity contribution >= 4 is 17.5 Å². The lowest BCUT2D eigenvalue weighted by Gasteiger charge is -2.23. The lowest BCUT2D eigenvalue weighted by Crippen LogP contribution is -2.30. The number of methoxy groups -OCH3 is 1. The summed E-state index contributed by atoms with van der Waals surface area (Å²) in [4.78, 5) is 27.8. The van der Waals surface area contributed by atoms with Gasteiger partial charge in [-0.1, -0.05) is 48.5 Å². The normalized spacial score (nSPS) is 15.9. The third-order valence-electron chi connectivity index (χ3n) is 6.61. The van der Waals surface area contributed by atoms with Crippen LogP contribution in [-0.2, 0) is 16.1 Å². The molecule has 0 N–H and O–H groups in total. The predicted octanol–water partition coefficient (Wildman–Crippen LogP) is 4.54. The summed E-state index contributed by atoms with van der Waals surface area (Å²) in [5.74, 6) is 1.84. The summed E-state index contributed by atoms with van der Waals surface area (Å²) in [6.07, 6.45) is 0.768. The van der Waals surface area contributed by atoms with Gasteiger partial charge >= 0.3 is 0 Å². The number of rotatable bonds is 8. The standard InChI is InChI=1S/C29H29N3O5/c1-31(18-20-8-13-26-27(16-20)37-19-36-26)28(33)14-15-29(34)32-25(22-9-11-23(35-2)12-10-22)17-24(30-32)21-6-4-3-5-7-21/h3-13,16,25H,14-15,17-19H2,1-2H3. The van der Waals surface area contributed by atoms with Crippen LogP contribution in [0.5, 0.6) is 17.2 Å². The Balaban J connectivity index is 1.26. The van der Waals surface area contributed by atoms with E-state index in [9.17, 15) is 9.59 Å². The number of hydrazone groups is 1. The molecule has 2 aliphatic heterocycles. The molecule has 0 aromatic heterocycles. The monoisotopic (exact) mass is 499 g/mol. The van der Waals surface area contributed by atoms with Gasteiger partial charge in [0.2, 0.25) is 18.6 Å². The van der Waals surface area contributed by atoms with E-state index in [-0.39, 0.29) is 37.5 Å². The first-order valence-electron chi connectivity index (χ1n) is 12.2. The highest BCUT2D eigenvalue weighted by molar-refractivity contribution is 6.03. The molecule has 0 bridgehead atoms. The number of carbonyl (C=O) groups is 2. The van der Waals surface area contributed by atoms with E-state index in [1.807, 2.05) is 72.8 Å². The van der Waals surface area contributed by atoms with Crippen molar-refractivity contribution in [2.45, 2.75) is 31.8 Å². The molecule has 3 aromatic rings. The summed E-state index contributed by atoms with van der Waals surface area (Å²) >= 11 is 0. The van der Waals surface area contributed by atoms with Crippen LogP contribution in [0.15, 0.2) is 77.9 Å². The van der Waals surface area contributed by atoms with Crippen molar-refractivity contribution in [3.63, 3.8) is 0 Å². The fourth-order valence-electron chi connectivity index (χ4n) is 4.55. The van der Waals surface area contributed by atoms with Gasteiger partial charge in [-0.25, -0.2) is 5.01 Å². The Morgan fingerprint density at radius 1 is 1.00 bits per heavy atom. The van der Waals surface area contributed by atoms with Gasteiger partial charge in [-0.05, 0) is 41.0 Å². The number of ether oxygens (including phenoxy) is 3. The van der Waals surface area contributed by atoms with Gasteiger partial charge in [0.1, 0.15) is 5.75 Å². The highest BCUT2D eigenvalue weighted by atomic mass is 16.7. The maximum atomic E-state index is 13.3. The molecule has 190 valence electrons. The van der Waals surface area contributed by atoms with Crippen molar-refractivity contribution in [3.05, 3.63) is 89.5 Å². The molecule has 0 radical (unpaired) electrons. The molecule has 2 aliphatic rings. The molecule has 37 heavy (non-hydrogen) atoms. The molecule has 1 atom stereocenters. The largest absolute Gasteiger partial charge is 0.497 e. The Bertz CT molecular complexity index is 1310. The second kappa shape index (κ2) is 10.7. The summed E-state index contributed by atoms with van der Waals surface area (Å²) in [7, 11) is 3.36. The van der Waals surface area contributed by atoms with Crippen LogP contribution < -0.4 is 14.2 Å². The first kappa shape index (κ1) is 24.4. The Hall–Kier alpha value is -4.33. The Morgan fingerprint density at radius 2 is 1.76 bits per heavy atom. The van der Waals surface area contributed by atoms with E-state index in [0.29, 0.717) is 24.5 Å². The lowest BCUT2D eigenvalue weighted by atomic mass is 9.98. The molecule has 1 unspecified atom stereocenters. The minimum absolute atomic E-state index is 0.0720. The molecule has 0 aliphatic carbocycles. The van der Waals surface area contributed by atoms with Gasteiger partial charge in [-0.2, -0.15) is 5.10 Å². The molecular weight excluding hydrogens is 470 g/mol. The average molecular weight is 500 g/mol. The summed E-state index contributed by atoms with van der Waals surface area (Å²) in [6, 6.07) is 22.9. The van der Waals surface area contributed by atoms with E-state index >= 15 is 0 Å². The molecule has 8 heteroatoms. The second-order valence-corrected chi connectivity index (χ2v) is 9.08. The van der Waals surface area contributed by atoms with E-state index in [1.54, 1.807) is 19.1 Å². The topological polar surface area (TPSA) is 80.7 Å². The molecule has 0 saturated heterocycles. The van der Waals surface area contributed by atoms with Crippen LogP contribution in [-0.4, -0.2) is 48.4 Å². The fraction of sp³-hybridized carbons (Fsp3) is 0.276. The van der Waals surface area contributed by atoms with Gasteiger partial charge < -0.3 is 19.1 Å². The number of amides is 2. The van der Waals surface area contributed by atoms with Gasteiger partial charge in [0, 0.05) is 32.9 Å². The van der Waals surface area contributed by atoms with Crippen LogP contribution in [0.2, 0.25) is 0 Å². The zero-order valence-corrected chi connectivity index (χ0v) is 20.9. The van der Waals surface area contributed by atoms with Crippen molar-refractivity contribution in [2.75, 3.05) is 21.0 Å². The van der Waals surface area contributed by atoms with Crippen molar-refractivity contribution in [1.82, 2.24) is 9.91 Å². The second-order valence-electron chi connectivity index (χ2n) is 9.08. The molecule has 0 saturated carbocycles. The Kier molecular flexibility index (Phi) is 7.07. The van der Waals surface area contributed by atoms with Crippen molar-refractivity contribution < 1.29 is 23.8 Å². The fourth-order valence-corrected chi connectivity index (χ4v) is 4.55. The van der Waals surface area contributed by atoms with Gasteiger partial charge in [0.25, 0.3) is 0 Å². The van der Waals surface area contributed by atoms with Gasteiger partial charge in [-0.15, -0.1) is 0 Å². The minimum Gasteiger partial charge on any atom is -0.497 e. The van der Waals surface area contributed by atoms with E-state index < -0.39 is 0 Å². The summed E-state index contributed by atoms with van der Waals surface area (Å²) < 4.78 is 16.1. The molecule has 2 amide bonds. The van der Waals surface area contributed by atoms with Gasteiger partial charge in [0.15, 0.2) is 11.5 Å². The average Bonchev–Trinajstić information content (AvgIpc) is 3.59. The first-order valence-corrected chi connectivity index (χ1v) is 12.2. The van der Waals surface area contributed by atoms with Crippen LogP contribution in [0.3, 0.4) is 0 Å². The zero-order valence-electron chi connectivity index (χ0n) is 20.9. The highest BCUT2D eigenvalue weighted by Crippen LogP contribution is 2.35. The Morgan fingerprint density at radius 3 is 2.51 bits per heavy atom. The molecular formula is C29H29N3O5. The van der Waals surface area contributed by atoms with Crippen LogP contribution in [0, 0.1) is 0 Å². The van der Waals surface area contributed by atoms with Crippen molar-refractivity contribution in [2.24, 2.45) is 5.10 Å². The maximum Gasteiger partial charge on any atom is 0.243 e. The number of benzene rings is 3. The van der Waals surface area contributed by atoms with Crippen LogP contribution in [0.1, 0.15) is 42.0 Å². The van der Waals surface area contributed by atoms with Crippen molar-refractivity contribution in [3.8, 4) is 17.2 Å². The number of hydrogen-bond acceptors (Lipinski definition) is 6. The predicted molar refractivity (Wildman–Crippen MR) is 138 cm³/mol. The molecule has 2 heterocycles. The summed E-state index contributed by atoms with van der Waals surface area (Å²) in [5.41, 5.74) is 3.73. The summed E-state index contributed by atoms with van der Waals surface area (Å²) in [5, 5.41) is 6.24.